The van der Waals surface area contributed by atoms with Crippen LogP contribution in [0.25, 0.3) is 11.4 Å². The Balaban J connectivity index is 1.47. The number of ether oxygens (including phenoxy) is 1. The predicted molar refractivity (Wildman–Crippen MR) is 97.5 cm³/mol. The molecule has 0 bridgehead atoms. The second-order valence-corrected chi connectivity index (χ2v) is 6.45. The van der Waals surface area contributed by atoms with Crippen molar-refractivity contribution in [1.29, 1.82) is 0 Å². The van der Waals surface area contributed by atoms with Gasteiger partial charge in [0.2, 0.25) is 11.7 Å². The molecule has 0 saturated heterocycles. The molecule has 1 aromatic heterocycles. The molecule has 7 heteroatoms. The topological polar surface area (TPSA) is 68.5 Å². The van der Waals surface area contributed by atoms with Crippen LogP contribution in [0, 0.1) is 6.92 Å². The number of anilines is 1. The van der Waals surface area contributed by atoms with E-state index in [9.17, 15) is 4.79 Å². The molecule has 0 unspecified atom stereocenters. The number of hydrogen-bond acceptors (Lipinski definition) is 5. The van der Waals surface area contributed by atoms with Crippen molar-refractivity contribution in [3.8, 4) is 17.1 Å². The van der Waals surface area contributed by atoms with Crippen molar-refractivity contribution in [3.05, 3.63) is 58.9 Å². The zero-order valence-corrected chi connectivity index (χ0v) is 14.9. The molecule has 3 aromatic rings. The van der Waals surface area contributed by atoms with Crippen LogP contribution in [0.2, 0.25) is 5.02 Å². The van der Waals surface area contributed by atoms with Crippen LogP contribution in [-0.4, -0.2) is 29.2 Å². The lowest BCUT2D eigenvalue weighted by Gasteiger charge is -2.17. The van der Waals surface area contributed by atoms with Crippen LogP contribution in [0.1, 0.15) is 11.5 Å². The largest absolute Gasteiger partial charge is 0.484 e. The van der Waals surface area contributed by atoms with E-state index >= 15 is 0 Å². The van der Waals surface area contributed by atoms with E-state index in [1.54, 1.807) is 36.1 Å². The zero-order valence-electron chi connectivity index (χ0n) is 14.1. The van der Waals surface area contributed by atoms with Gasteiger partial charge in [-0.25, -0.2) is 0 Å². The number of amides is 1. The van der Waals surface area contributed by atoms with E-state index in [1.165, 1.54) is 0 Å². The fourth-order valence-electron chi connectivity index (χ4n) is 2.97. The van der Waals surface area contributed by atoms with E-state index in [2.05, 4.69) is 10.1 Å². The number of carbonyl (C=O) groups excluding carboxylic acids is 1. The summed E-state index contributed by atoms with van der Waals surface area (Å²) in [6.45, 7) is 2.37. The third-order valence-electron chi connectivity index (χ3n) is 4.24. The van der Waals surface area contributed by atoms with Gasteiger partial charge in [-0.2, -0.15) is 4.98 Å². The molecule has 4 rings (SSSR count). The summed E-state index contributed by atoms with van der Waals surface area (Å²) < 4.78 is 10.6. The Hall–Kier alpha value is -2.86. The molecular formula is C19H16ClN3O3. The highest BCUT2D eigenvalue weighted by Gasteiger charge is 2.25. The normalized spacial score (nSPS) is 12.9. The molecule has 1 aliphatic heterocycles. The van der Waals surface area contributed by atoms with Crippen molar-refractivity contribution in [1.82, 2.24) is 10.1 Å². The van der Waals surface area contributed by atoms with Gasteiger partial charge in [-0.3, -0.25) is 4.79 Å². The van der Waals surface area contributed by atoms with Crippen LogP contribution in [0.5, 0.6) is 5.75 Å². The minimum Gasteiger partial charge on any atom is -0.484 e. The highest BCUT2D eigenvalue weighted by molar-refractivity contribution is 6.30. The van der Waals surface area contributed by atoms with Gasteiger partial charge in [0.1, 0.15) is 5.75 Å². The van der Waals surface area contributed by atoms with Crippen LogP contribution in [0.4, 0.5) is 5.69 Å². The van der Waals surface area contributed by atoms with Crippen LogP contribution in [0.3, 0.4) is 0 Å². The van der Waals surface area contributed by atoms with Gasteiger partial charge in [-0.05, 0) is 54.4 Å². The van der Waals surface area contributed by atoms with Crippen LogP contribution >= 0.6 is 11.6 Å². The van der Waals surface area contributed by atoms with E-state index in [0.717, 1.165) is 23.2 Å². The van der Waals surface area contributed by atoms with Gasteiger partial charge in [0, 0.05) is 29.7 Å². The second-order valence-electron chi connectivity index (χ2n) is 6.02. The molecule has 132 valence electrons. The van der Waals surface area contributed by atoms with Crippen molar-refractivity contribution in [2.75, 3.05) is 18.1 Å². The summed E-state index contributed by atoms with van der Waals surface area (Å²) in [5.41, 5.74) is 2.87. The molecule has 2 heterocycles. The quantitative estimate of drug-likeness (QED) is 0.702. The van der Waals surface area contributed by atoms with Gasteiger partial charge in [0.15, 0.2) is 6.61 Å². The lowest BCUT2D eigenvalue weighted by Crippen LogP contribution is -2.33. The summed E-state index contributed by atoms with van der Waals surface area (Å²) in [7, 11) is 0. The maximum atomic E-state index is 12.5. The number of hydrogen-bond donors (Lipinski definition) is 0. The van der Waals surface area contributed by atoms with Gasteiger partial charge in [0.05, 0.1) is 0 Å². The summed E-state index contributed by atoms with van der Waals surface area (Å²) in [4.78, 5) is 18.5. The van der Waals surface area contributed by atoms with Gasteiger partial charge in [-0.1, -0.05) is 16.8 Å². The molecule has 2 aromatic carbocycles. The van der Waals surface area contributed by atoms with Crippen molar-refractivity contribution in [2.45, 2.75) is 13.3 Å². The van der Waals surface area contributed by atoms with Gasteiger partial charge in [-0.15, -0.1) is 0 Å². The van der Waals surface area contributed by atoms with E-state index in [4.69, 9.17) is 20.9 Å². The van der Waals surface area contributed by atoms with Crippen LogP contribution in [-0.2, 0) is 11.2 Å². The molecule has 1 amide bonds. The smallest absolute Gasteiger partial charge is 0.264 e. The van der Waals surface area contributed by atoms with Crippen molar-refractivity contribution >= 4 is 23.2 Å². The minimum atomic E-state index is -0.0816. The standard InChI is InChI=1S/C19H16ClN3O3/c1-12-21-19(22-26-12)14-2-7-17-13(10-14)8-9-23(17)18(24)11-25-16-5-3-15(20)4-6-16/h2-7,10H,8-9,11H2,1H3. The predicted octanol–water partition coefficient (Wildman–Crippen LogP) is 3.67. The van der Waals surface area contributed by atoms with Crippen molar-refractivity contribution in [2.24, 2.45) is 0 Å². The first-order chi connectivity index (χ1) is 12.6. The SMILES string of the molecule is Cc1nc(-c2ccc3c(c2)CCN3C(=O)COc2ccc(Cl)cc2)no1. The Morgan fingerprint density at radius 2 is 2.08 bits per heavy atom. The fraction of sp³-hybridized carbons (Fsp3) is 0.211. The molecule has 0 radical (unpaired) electrons. The zero-order chi connectivity index (χ0) is 18.1. The number of halogens is 1. The average Bonchev–Trinajstić information content (AvgIpc) is 3.26. The molecular weight excluding hydrogens is 354 g/mol. The minimum absolute atomic E-state index is 0.0210. The Kier molecular flexibility index (Phi) is 4.34. The molecule has 6 nitrogen and oxygen atoms in total. The lowest BCUT2D eigenvalue weighted by atomic mass is 10.1. The maximum absolute atomic E-state index is 12.5. The molecule has 0 N–H and O–H groups in total. The van der Waals surface area contributed by atoms with Crippen LogP contribution < -0.4 is 9.64 Å². The molecule has 0 spiro atoms. The molecule has 0 atom stereocenters. The van der Waals surface area contributed by atoms with E-state index < -0.39 is 0 Å². The number of aromatic nitrogens is 2. The van der Waals surface area contributed by atoms with E-state index in [-0.39, 0.29) is 12.5 Å². The van der Waals surface area contributed by atoms with E-state index in [1.807, 2.05) is 18.2 Å². The Morgan fingerprint density at radius 1 is 1.27 bits per heavy atom. The number of nitrogens with zero attached hydrogens (tertiary/aromatic N) is 3. The number of aryl methyl sites for hydroxylation is 1. The summed E-state index contributed by atoms with van der Waals surface area (Å²) in [5, 5.41) is 4.57. The first kappa shape index (κ1) is 16.6. The maximum Gasteiger partial charge on any atom is 0.264 e. The third-order valence-corrected chi connectivity index (χ3v) is 4.49. The summed E-state index contributed by atoms with van der Waals surface area (Å²) >= 11 is 5.85. The van der Waals surface area contributed by atoms with Gasteiger partial charge in [0.25, 0.3) is 5.91 Å². The molecule has 0 aliphatic carbocycles. The Morgan fingerprint density at radius 3 is 2.81 bits per heavy atom. The van der Waals surface area contributed by atoms with Gasteiger partial charge >= 0.3 is 0 Å². The number of fused-ring (bicyclic) bond motifs is 1. The van der Waals surface area contributed by atoms with Crippen molar-refractivity contribution < 1.29 is 14.1 Å². The summed E-state index contributed by atoms with van der Waals surface area (Å²) in [6.07, 6.45) is 0.784. The number of rotatable bonds is 4. The van der Waals surface area contributed by atoms with Crippen LogP contribution in [0.15, 0.2) is 47.0 Å². The molecule has 0 fully saturated rings. The lowest BCUT2D eigenvalue weighted by molar-refractivity contribution is -0.120. The third kappa shape index (κ3) is 3.28. The Labute approximate surface area is 155 Å². The molecule has 26 heavy (non-hydrogen) atoms. The highest BCUT2D eigenvalue weighted by atomic mass is 35.5. The fourth-order valence-corrected chi connectivity index (χ4v) is 3.10. The van der Waals surface area contributed by atoms with Gasteiger partial charge < -0.3 is 14.2 Å². The van der Waals surface area contributed by atoms with Crippen molar-refractivity contribution in [3.63, 3.8) is 0 Å². The average molecular weight is 370 g/mol. The molecule has 0 saturated carbocycles. The summed E-state index contributed by atoms with van der Waals surface area (Å²) in [5.74, 6) is 1.62. The highest BCUT2D eigenvalue weighted by Crippen LogP contribution is 2.31. The van der Waals surface area contributed by atoms with E-state index in [0.29, 0.717) is 29.0 Å². The summed E-state index contributed by atoms with van der Waals surface area (Å²) in [6, 6.07) is 12.8. The first-order valence-corrected chi connectivity index (χ1v) is 8.60. The number of benzene rings is 2. The second kappa shape index (κ2) is 6.80. The first-order valence-electron chi connectivity index (χ1n) is 8.22. The Bertz CT molecular complexity index is 953. The molecule has 1 aliphatic rings. The monoisotopic (exact) mass is 369 g/mol. The number of carbonyl (C=O) groups is 1.